The van der Waals surface area contributed by atoms with E-state index in [1.54, 1.807) is 6.33 Å². The number of amides is 1. The summed E-state index contributed by atoms with van der Waals surface area (Å²) < 4.78 is 5.60. The SMILES string of the molecule is C[C@@H]1Cc2ncnc([C@@H]3CCCN(C)C3)c2CN1C(=O)OC(C)(C)C. The van der Waals surface area contributed by atoms with Gasteiger partial charge in [0.15, 0.2) is 0 Å². The number of likely N-dealkylation sites (tertiary alicyclic amines) is 1. The second-order valence-corrected chi connectivity index (χ2v) is 8.45. The van der Waals surface area contributed by atoms with Gasteiger partial charge in [0.1, 0.15) is 11.9 Å². The molecule has 1 amide bonds. The predicted octanol–water partition coefficient (Wildman–Crippen LogP) is 2.97. The van der Waals surface area contributed by atoms with Gasteiger partial charge in [0.25, 0.3) is 0 Å². The first-order valence-corrected chi connectivity index (χ1v) is 9.25. The summed E-state index contributed by atoms with van der Waals surface area (Å²) in [7, 11) is 2.16. The topological polar surface area (TPSA) is 58.6 Å². The molecule has 3 heterocycles. The molecule has 0 aliphatic carbocycles. The van der Waals surface area contributed by atoms with Gasteiger partial charge in [-0.25, -0.2) is 14.8 Å². The lowest BCUT2D eigenvalue weighted by Gasteiger charge is -2.37. The van der Waals surface area contributed by atoms with E-state index in [-0.39, 0.29) is 12.1 Å². The van der Waals surface area contributed by atoms with E-state index in [4.69, 9.17) is 4.74 Å². The Kier molecular flexibility index (Phi) is 5.00. The van der Waals surface area contributed by atoms with Gasteiger partial charge in [-0.3, -0.25) is 0 Å². The molecule has 6 heteroatoms. The molecule has 1 aromatic rings. The molecule has 2 atom stereocenters. The Bertz CT molecular complexity index is 641. The van der Waals surface area contributed by atoms with Crippen LogP contribution in [0.15, 0.2) is 6.33 Å². The van der Waals surface area contributed by atoms with Crippen LogP contribution in [0.3, 0.4) is 0 Å². The lowest BCUT2D eigenvalue weighted by atomic mass is 9.88. The molecule has 138 valence electrons. The van der Waals surface area contributed by atoms with Gasteiger partial charge >= 0.3 is 6.09 Å². The number of aromatic nitrogens is 2. The normalized spacial score (nSPS) is 24.8. The minimum atomic E-state index is -0.487. The standard InChI is InChI=1S/C19H30N4O2/c1-13-9-16-15(11-23(13)18(24)25-19(2,3)4)17(21-12-20-16)14-7-6-8-22(5)10-14/h12-14H,6-11H2,1-5H3/t13-,14-/m1/s1. The first kappa shape index (κ1) is 18.1. The van der Waals surface area contributed by atoms with Gasteiger partial charge in [-0.15, -0.1) is 0 Å². The molecule has 25 heavy (non-hydrogen) atoms. The molecule has 3 rings (SSSR count). The number of hydrogen-bond acceptors (Lipinski definition) is 5. The molecular weight excluding hydrogens is 316 g/mol. The average molecular weight is 346 g/mol. The highest BCUT2D eigenvalue weighted by molar-refractivity contribution is 5.69. The molecule has 0 aromatic carbocycles. The molecule has 2 aliphatic heterocycles. The van der Waals surface area contributed by atoms with E-state index in [1.807, 2.05) is 25.7 Å². The summed E-state index contributed by atoms with van der Waals surface area (Å²) in [4.78, 5) is 26.0. The summed E-state index contributed by atoms with van der Waals surface area (Å²) in [5, 5.41) is 0. The first-order valence-electron chi connectivity index (χ1n) is 9.25. The highest BCUT2D eigenvalue weighted by atomic mass is 16.6. The van der Waals surface area contributed by atoms with E-state index in [0.29, 0.717) is 12.5 Å². The molecule has 1 aromatic heterocycles. The fraction of sp³-hybridized carbons (Fsp3) is 0.737. The highest BCUT2D eigenvalue weighted by Gasteiger charge is 2.34. The third-order valence-electron chi connectivity index (χ3n) is 5.06. The fourth-order valence-electron chi connectivity index (χ4n) is 3.84. The molecule has 6 nitrogen and oxygen atoms in total. The molecule has 0 saturated carbocycles. The van der Waals surface area contributed by atoms with Crippen LogP contribution in [0.25, 0.3) is 0 Å². The van der Waals surface area contributed by atoms with Crippen LogP contribution in [-0.2, 0) is 17.7 Å². The Morgan fingerprint density at radius 2 is 2.08 bits per heavy atom. The van der Waals surface area contributed by atoms with Crippen molar-refractivity contribution < 1.29 is 9.53 Å². The highest BCUT2D eigenvalue weighted by Crippen LogP contribution is 2.32. The molecule has 0 unspecified atom stereocenters. The molecule has 2 aliphatic rings. The largest absolute Gasteiger partial charge is 0.444 e. The van der Waals surface area contributed by atoms with Gasteiger partial charge in [-0.1, -0.05) is 0 Å². The molecule has 0 bridgehead atoms. The number of ether oxygens (including phenoxy) is 1. The number of carbonyl (C=O) groups excluding carboxylic acids is 1. The van der Waals surface area contributed by atoms with Crippen LogP contribution in [0, 0.1) is 0 Å². The number of piperidine rings is 1. The third-order valence-corrected chi connectivity index (χ3v) is 5.06. The molecule has 0 spiro atoms. The van der Waals surface area contributed by atoms with Crippen LogP contribution in [0.4, 0.5) is 4.79 Å². The lowest BCUT2D eigenvalue weighted by molar-refractivity contribution is 0.0134. The summed E-state index contributed by atoms with van der Waals surface area (Å²) >= 11 is 0. The third kappa shape index (κ3) is 4.11. The van der Waals surface area contributed by atoms with Crippen molar-refractivity contribution in [2.75, 3.05) is 20.1 Å². The zero-order valence-electron chi connectivity index (χ0n) is 16.1. The van der Waals surface area contributed by atoms with Crippen LogP contribution >= 0.6 is 0 Å². The van der Waals surface area contributed by atoms with E-state index in [2.05, 4.69) is 28.8 Å². The molecule has 1 fully saturated rings. The van der Waals surface area contributed by atoms with Crippen LogP contribution in [0.2, 0.25) is 0 Å². The van der Waals surface area contributed by atoms with Gasteiger partial charge in [-0.2, -0.15) is 0 Å². The Labute approximate surface area is 150 Å². The van der Waals surface area contributed by atoms with E-state index < -0.39 is 5.60 Å². The second kappa shape index (κ2) is 6.90. The average Bonchev–Trinajstić information content (AvgIpc) is 2.51. The van der Waals surface area contributed by atoms with Gasteiger partial charge in [0.05, 0.1) is 17.9 Å². The monoisotopic (exact) mass is 346 g/mol. The van der Waals surface area contributed by atoms with Gasteiger partial charge in [-0.05, 0) is 54.1 Å². The van der Waals surface area contributed by atoms with Crippen molar-refractivity contribution in [1.82, 2.24) is 19.8 Å². The van der Waals surface area contributed by atoms with E-state index in [1.165, 1.54) is 6.42 Å². The van der Waals surface area contributed by atoms with Crippen molar-refractivity contribution in [3.05, 3.63) is 23.3 Å². The number of likely N-dealkylation sites (N-methyl/N-ethyl adjacent to an activating group) is 1. The lowest BCUT2D eigenvalue weighted by Crippen LogP contribution is -2.46. The van der Waals surface area contributed by atoms with Crippen molar-refractivity contribution in [1.29, 1.82) is 0 Å². The Hall–Kier alpha value is -1.69. The second-order valence-electron chi connectivity index (χ2n) is 8.45. The van der Waals surface area contributed by atoms with Gasteiger partial charge < -0.3 is 14.5 Å². The molecule has 0 N–H and O–H groups in total. The molecular formula is C19H30N4O2. The van der Waals surface area contributed by atoms with Crippen LogP contribution in [0.1, 0.15) is 63.4 Å². The minimum Gasteiger partial charge on any atom is -0.444 e. The van der Waals surface area contributed by atoms with Crippen molar-refractivity contribution in [3.63, 3.8) is 0 Å². The van der Waals surface area contributed by atoms with Crippen LogP contribution in [0.5, 0.6) is 0 Å². The number of fused-ring (bicyclic) bond motifs is 1. The quantitative estimate of drug-likeness (QED) is 0.782. The Morgan fingerprint density at radius 1 is 1.32 bits per heavy atom. The van der Waals surface area contributed by atoms with Crippen molar-refractivity contribution in [3.8, 4) is 0 Å². The molecule has 1 saturated heterocycles. The summed E-state index contributed by atoms with van der Waals surface area (Å²) in [6.45, 7) is 10.5. The maximum Gasteiger partial charge on any atom is 0.410 e. The fourth-order valence-corrected chi connectivity index (χ4v) is 3.84. The van der Waals surface area contributed by atoms with Crippen LogP contribution < -0.4 is 0 Å². The van der Waals surface area contributed by atoms with E-state index >= 15 is 0 Å². The Morgan fingerprint density at radius 3 is 2.76 bits per heavy atom. The van der Waals surface area contributed by atoms with Crippen molar-refractivity contribution in [2.24, 2.45) is 0 Å². The summed E-state index contributed by atoms with van der Waals surface area (Å²) in [6.07, 6.45) is 4.54. The maximum absolute atomic E-state index is 12.6. The summed E-state index contributed by atoms with van der Waals surface area (Å²) in [5.74, 6) is 0.421. The smallest absolute Gasteiger partial charge is 0.410 e. The number of rotatable bonds is 1. The summed E-state index contributed by atoms with van der Waals surface area (Å²) in [5.41, 5.74) is 2.86. The number of nitrogens with zero attached hydrogens (tertiary/aromatic N) is 4. The first-order chi connectivity index (χ1) is 11.7. The number of carbonyl (C=O) groups is 1. The zero-order chi connectivity index (χ0) is 18.2. The van der Waals surface area contributed by atoms with Crippen LogP contribution in [-0.4, -0.2) is 57.6 Å². The van der Waals surface area contributed by atoms with Crippen molar-refractivity contribution in [2.45, 2.75) is 71.1 Å². The molecule has 0 radical (unpaired) electrons. The zero-order valence-corrected chi connectivity index (χ0v) is 16.1. The van der Waals surface area contributed by atoms with Gasteiger partial charge in [0.2, 0.25) is 0 Å². The van der Waals surface area contributed by atoms with Gasteiger partial charge in [0, 0.05) is 30.5 Å². The Balaban J connectivity index is 1.86. The van der Waals surface area contributed by atoms with Crippen molar-refractivity contribution >= 4 is 6.09 Å². The van der Waals surface area contributed by atoms with E-state index in [0.717, 1.165) is 42.9 Å². The number of hydrogen-bond donors (Lipinski definition) is 0. The minimum absolute atomic E-state index is 0.0825. The maximum atomic E-state index is 12.6. The summed E-state index contributed by atoms with van der Waals surface area (Å²) in [6, 6.07) is 0.0825. The predicted molar refractivity (Wildman–Crippen MR) is 96.4 cm³/mol. The van der Waals surface area contributed by atoms with E-state index in [9.17, 15) is 4.79 Å².